The van der Waals surface area contributed by atoms with Crippen LogP contribution in [0, 0.1) is 0 Å². The quantitative estimate of drug-likeness (QED) is 0.0255. The highest BCUT2D eigenvalue weighted by Gasteiger charge is 2.27. The number of nitrogens with one attached hydrogen (secondary N) is 1. The van der Waals surface area contributed by atoms with Crippen molar-refractivity contribution in [2.45, 2.75) is 167 Å². The number of aliphatic hydroxyl groups is 1. The smallest absolute Gasteiger partial charge is 0.387 e. The molecule has 3 N–H and O–H groups in total. The molecule has 302 valence electrons. The van der Waals surface area contributed by atoms with Gasteiger partial charge in [0.15, 0.2) is 0 Å². The molecule has 0 saturated heterocycles. The largest absolute Gasteiger partial charge is 0.472 e. The van der Waals surface area contributed by atoms with Gasteiger partial charge in [-0.15, -0.1) is 0 Å². The van der Waals surface area contributed by atoms with E-state index in [4.69, 9.17) is 9.05 Å². The molecule has 8 nitrogen and oxygen atoms in total. The summed E-state index contributed by atoms with van der Waals surface area (Å²) in [5, 5.41) is 13.7. The molecule has 0 rings (SSSR count). The molecule has 0 aromatic carbocycles. The van der Waals surface area contributed by atoms with Crippen molar-refractivity contribution in [3.63, 3.8) is 0 Å². The predicted octanol–water partition coefficient (Wildman–Crippen LogP) is 11.1. The average molecular weight is 752 g/mol. The van der Waals surface area contributed by atoms with Gasteiger partial charge in [-0.1, -0.05) is 138 Å². The van der Waals surface area contributed by atoms with Gasteiger partial charge in [0.05, 0.1) is 39.9 Å². The highest BCUT2D eigenvalue weighted by molar-refractivity contribution is 7.47. The Morgan fingerprint density at radius 3 is 1.75 bits per heavy atom. The van der Waals surface area contributed by atoms with Crippen LogP contribution in [0.5, 0.6) is 0 Å². The van der Waals surface area contributed by atoms with Gasteiger partial charge >= 0.3 is 7.82 Å². The molecule has 0 heterocycles. The van der Waals surface area contributed by atoms with E-state index in [1.807, 2.05) is 40.2 Å². The summed E-state index contributed by atoms with van der Waals surface area (Å²) in [5.41, 5.74) is 0. The number of carbonyl (C=O) groups is 1. The Morgan fingerprint density at radius 1 is 0.692 bits per heavy atom. The fourth-order valence-corrected chi connectivity index (χ4v) is 6.20. The standard InChI is InChI=1S/C43H79N2O6P/c1-6-8-10-12-14-16-17-18-19-20-21-22-23-24-25-26-27-29-31-33-35-37-43(47)44-41(40-51-52(48,49)50-39-38-45(3,4)5)42(46)36-34-32-30-28-15-13-11-9-7-2/h7,9,15,17-18,20-21,28,34,36,41-42,46H,6,8,10-14,16,19,22-27,29-33,35,37-40H2,1-5H3,(H-,44,47,48,49)/p+1/b9-7+,18-17-,21-20-,28-15+,36-34+. The Balaban J connectivity index is 4.34. The van der Waals surface area contributed by atoms with Gasteiger partial charge in [0.2, 0.25) is 5.91 Å². The molecule has 0 aliphatic heterocycles. The summed E-state index contributed by atoms with van der Waals surface area (Å²) in [7, 11) is 1.53. The maximum Gasteiger partial charge on any atom is 0.472 e. The number of likely N-dealkylation sites (N-methyl/N-ethyl adjacent to an activating group) is 1. The molecule has 1 amide bonds. The molecular formula is C43H80N2O6P+. The first kappa shape index (κ1) is 50.2. The van der Waals surface area contributed by atoms with Gasteiger partial charge < -0.3 is 19.8 Å². The minimum absolute atomic E-state index is 0.0499. The lowest BCUT2D eigenvalue weighted by atomic mass is 10.1. The summed E-state index contributed by atoms with van der Waals surface area (Å²) in [6.45, 7) is 4.51. The minimum atomic E-state index is -4.34. The number of phosphoric acid groups is 1. The van der Waals surface area contributed by atoms with Gasteiger partial charge in [0.1, 0.15) is 13.2 Å². The SMILES string of the molecule is C/C=C/CC/C=C/CC/C=C/C(O)C(COP(=O)(O)OCC[N+](C)(C)C)NC(=O)CCCCCCCCCCC/C=C\C/C=C\CCCCCCC. The van der Waals surface area contributed by atoms with Gasteiger partial charge in [-0.3, -0.25) is 13.8 Å². The first-order chi connectivity index (χ1) is 25.0. The van der Waals surface area contributed by atoms with Crippen molar-refractivity contribution in [1.29, 1.82) is 0 Å². The molecule has 0 bridgehead atoms. The fraction of sp³-hybridized carbons (Fsp3) is 0.744. The molecule has 3 unspecified atom stereocenters. The molecular weight excluding hydrogens is 671 g/mol. The molecule has 0 saturated carbocycles. The predicted molar refractivity (Wildman–Crippen MR) is 221 cm³/mol. The van der Waals surface area contributed by atoms with E-state index >= 15 is 0 Å². The van der Waals surface area contributed by atoms with E-state index in [0.717, 1.165) is 51.4 Å². The van der Waals surface area contributed by atoms with Crippen molar-refractivity contribution in [3.05, 3.63) is 60.8 Å². The third kappa shape index (κ3) is 36.6. The van der Waals surface area contributed by atoms with Crippen LogP contribution < -0.4 is 5.32 Å². The summed E-state index contributed by atoms with van der Waals surface area (Å²) in [4.78, 5) is 23.0. The van der Waals surface area contributed by atoms with E-state index in [1.54, 1.807) is 6.08 Å². The number of quaternary nitrogens is 1. The van der Waals surface area contributed by atoms with Crippen LogP contribution in [0.1, 0.15) is 155 Å². The number of unbranched alkanes of at least 4 members (excludes halogenated alkanes) is 16. The lowest BCUT2D eigenvalue weighted by Crippen LogP contribution is -2.45. The lowest BCUT2D eigenvalue weighted by Gasteiger charge is -2.25. The Hall–Kier alpha value is -1.80. The van der Waals surface area contributed by atoms with Crippen molar-refractivity contribution in [3.8, 4) is 0 Å². The van der Waals surface area contributed by atoms with Gasteiger partial charge in [-0.2, -0.15) is 0 Å². The number of phosphoric ester groups is 1. The summed E-state index contributed by atoms with van der Waals surface area (Å²) >= 11 is 0. The zero-order chi connectivity index (χ0) is 38.6. The first-order valence-electron chi connectivity index (χ1n) is 20.6. The van der Waals surface area contributed by atoms with Crippen molar-refractivity contribution >= 4 is 13.7 Å². The highest BCUT2D eigenvalue weighted by atomic mass is 31.2. The number of rotatable bonds is 36. The molecule has 9 heteroatoms. The van der Waals surface area contributed by atoms with E-state index in [2.05, 4.69) is 54.8 Å². The number of aliphatic hydroxyl groups excluding tert-OH is 1. The topological polar surface area (TPSA) is 105 Å². The van der Waals surface area contributed by atoms with Crippen molar-refractivity contribution in [2.24, 2.45) is 0 Å². The number of nitrogens with zero attached hydrogens (tertiary/aromatic N) is 1. The summed E-state index contributed by atoms with van der Waals surface area (Å²) in [6.07, 6.45) is 44.6. The second kappa shape index (κ2) is 34.9. The minimum Gasteiger partial charge on any atom is -0.387 e. The van der Waals surface area contributed by atoms with Crippen LogP contribution in [-0.4, -0.2) is 73.4 Å². The molecule has 0 aromatic rings. The van der Waals surface area contributed by atoms with Crippen molar-refractivity contribution in [2.75, 3.05) is 40.9 Å². The normalized spacial score (nSPS) is 15.1. The highest BCUT2D eigenvalue weighted by Crippen LogP contribution is 2.43. The Morgan fingerprint density at radius 2 is 1.19 bits per heavy atom. The second-order valence-corrected chi connectivity index (χ2v) is 16.5. The molecule has 52 heavy (non-hydrogen) atoms. The maximum atomic E-state index is 12.8. The van der Waals surface area contributed by atoms with Gasteiger partial charge in [0, 0.05) is 6.42 Å². The summed E-state index contributed by atoms with van der Waals surface area (Å²) in [5.74, 6) is -0.202. The Bertz CT molecular complexity index is 1030. The van der Waals surface area contributed by atoms with E-state index in [9.17, 15) is 19.4 Å². The molecule has 3 atom stereocenters. The second-order valence-electron chi connectivity index (χ2n) is 15.0. The summed E-state index contributed by atoms with van der Waals surface area (Å²) in [6, 6.07) is -0.871. The maximum absolute atomic E-state index is 12.8. The first-order valence-corrected chi connectivity index (χ1v) is 22.1. The van der Waals surface area contributed by atoms with Crippen LogP contribution in [-0.2, 0) is 18.4 Å². The summed E-state index contributed by atoms with van der Waals surface area (Å²) < 4.78 is 23.4. The Kier molecular flexibility index (Phi) is 33.7. The lowest BCUT2D eigenvalue weighted by molar-refractivity contribution is -0.870. The fourth-order valence-electron chi connectivity index (χ4n) is 5.46. The zero-order valence-corrected chi connectivity index (χ0v) is 34.9. The van der Waals surface area contributed by atoms with Crippen molar-refractivity contribution in [1.82, 2.24) is 5.32 Å². The monoisotopic (exact) mass is 752 g/mol. The number of amides is 1. The van der Waals surface area contributed by atoms with Crippen LogP contribution in [0.25, 0.3) is 0 Å². The molecule has 0 radical (unpaired) electrons. The van der Waals surface area contributed by atoms with Crippen LogP contribution in [0.3, 0.4) is 0 Å². The van der Waals surface area contributed by atoms with Crippen LogP contribution in [0.4, 0.5) is 0 Å². The molecule has 0 spiro atoms. The molecule has 0 aliphatic rings. The van der Waals surface area contributed by atoms with Crippen molar-refractivity contribution < 1.29 is 32.9 Å². The van der Waals surface area contributed by atoms with E-state index in [-0.39, 0.29) is 19.1 Å². The molecule has 0 fully saturated rings. The van der Waals surface area contributed by atoms with E-state index < -0.39 is 20.0 Å². The third-order valence-electron chi connectivity index (χ3n) is 8.78. The van der Waals surface area contributed by atoms with Gasteiger partial charge in [0.25, 0.3) is 0 Å². The number of hydrogen-bond donors (Lipinski definition) is 3. The third-order valence-corrected chi connectivity index (χ3v) is 9.77. The molecule has 0 aliphatic carbocycles. The van der Waals surface area contributed by atoms with Gasteiger partial charge in [-0.05, 0) is 71.1 Å². The number of carbonyl (C=O) groups excluding carboxylic acids is 1. The van der Waals surface area contributed by atoms with Crippen LogP contribution in [0.2, 0.25) is 0 Å². The van der Waals surface area contributed by atoms with E-state index in [0.29, 0.717) is 17.4 Å². The van der Waals surface area contributed by atoms with Crippen LogP contribution >= 0.6 is 7.82 Å². The molecule has 0 aromatic heterocycles. The van der Waals surface area contributed by atoms with Gasteiger partial charge in [-0.25, -0.2) is 4.57 Å². The number of hydrogen-bond acceptors (Lipinski definition) is 5. The average Bonchev–Trinajstić information content (AvgIpc) is 3.09. The number of allylic oxidation sites excluding steroid dienone is 9. The Labute approximate surface area is 320 Å². The van der Waals surface area contributed by atoms with E-state index in [1.165, 1.54) is 83.5 Å². The van der Waals surface area contributed by atoms with Crippen LogP contribution in [0.15, 0.2) is 60.8 Å². The zero-order valence-electron chi connectivity index (χ0n) is 34.0.